The van der Waals surface area contributed by atoms with Crippen LogP contribution in [0.25, 0.3) is 22.6 Å². The molecule has 1 aromatic carbocycles. The Bertz CT molecular complexity index is 1330. The molecular weight excluding hydrogens is 518 g/mol. The summed E-state index contributed by atoms with van der Waals surface area (Å²) in [4.78, 5) is 18.7. The molecule has 0 aliphatic heterocycles. The predicted octanol–water partition coefficient (Wildman–Crippen LogP) is 7.05. The number of hydrogen-bond donors (Lipinski definition) is 1. The molecule has 0 fully saturated rings. The second kappa shape index (κ2) is 10.8. The first-order valence-corrected chi connectivity index (χ1v) is 14.8. The molecule has 3 heterocycles. The summed E-state index contributed by atoms with van der Waals surface area (Å²) in [6.45, 7) is 5.30. The molecule has 1 atom stereocenters. The van der Waals surface area contributed by atoms with Crippen LogP contribution >= 0.6 is 46.0 Å². The number of thioether (sulfide) groups is 1. The first-order valence-electron chi connectivity index (χ1n) is 11.7. The molecule has 6 nitrogen and oxygen atoms in total. The number of anilines is 1. The molecule has 0 radical (unpaired) electrons. The predicted molar refractivity (Wildman–Crippen MR) is 147 cm³/mol. The van der Waals surface area contributed by atoms with Crippen LogP contribution in [0.5, 0.6) is 0 Å². The van der Waals surface area contributed by atoms with Gasteiger partial charge in [-0.05, 0) is 49.3 Å². The van der Waals surface area contributed by atoms with E-state index in [1.807, 2.05) is 41.0 Å². The van der Waals surface area contributed by atoms with E-state index in [1.165, 1.54) is 45.5 Å². The van der Waals surface area contributed by atoms with Crippen molar-refractivity contribution in [2.45, 2.75) is 51.2 Å². The Morgan fingerprint density at radius 3 is 2.86 bits per heavy atom. The number of fused-ring (bicyclic) bond motifs is 1. The van der Waals surface area contributed by atoms with Gasteiger partial charge in [-0.3, -0.25) is 4.79 Å². The van der Waals surface area contributed by atoms with Gasteiger partial charge in [0, 0.05) is 38.3 Å². The van der Waals surface area contributed by atoms with Crippen LogP contribution in [-0.2, 0) is 24.2 Å². The van der Waals surface area contributed by atoms with E-state index in [9.17, 15) is 4.79 Å². The van der Waals surface area contributed by atoms with Crippen molar-refractivity contribution in [2.24, 2.45) is 5.92 Å². The van der Waals surface area contributed by atoms with Crippen molar-refractivity contribution in [1.82, 2.24) is 19.7 Å². The lowest BCUT2D eigenvalue weighted by molar-refractivity contribution is -0.113. The van der Waals surface area contributed by atoms with E-state index in [1.54, 1.807) is 0 Å². The molecule has 3 aromatic heterocycles. The molecule has 10 heteroatoms. The largest absolute Gasteiger partial charge is 0.302 e. The van der Waals surface area contributed by atoms with Crippen molar-refractivity contribution in [3.05, 3.63) is 50.5 Å². The summed E-state index contributed by atoms with van der Waals surface area (Å²) >= 11 is 10.6. The van der Waals surface area contributed by atoms with Gasteiger partial charge in [-0.15, -0.1) is 32.9 Å². The second-order valence-corrected chi connectivity index (χ2v) is 11.9. The molecule has 4 aromatic rings. The van der Waals surface area contributed by atoms with Crippen molar-refractivity contribution in [3.63, 3.8) is 0 Å². The van der Waals surface area contributed by atoms with Gasteiger partial charge in [-0.2, -0.15) is 0 Å². The molecule has 1 aliphatic rings. The topological polar surface area (TPSA) is 72.7 Å². The molecule has 1 amide bonds. The van der Waals surface area contributed by atoms with Gasteiger partial charge in [0.15, 0.2) is 16.1 Å². The van der Waals surface area contributed by atoms with Crippen LogP contribution in [0.15, 0.2) is 40.2 Å². The van der Waals surface area contributed by atoms with E-state index < -0.39 is 0 Å². The summed E-state index contributed by atoms with van der Waals surface area (Å²) < 4.78 is 2.17. The number of benzene rings is 1. The van der Waals surface area contributed by atoms with E-state index in [-0.39, 0.29) is 11.7 Å². The van der Waals surface area contributed by atoms with Crippen LogP contribution in [0.1, 0.15) is 37.1 Å². The van der Waals surface area contributed by atoms with Crippen molar-refractivity contribution in [3.8, 4) is 22.6 Å². The summed E-state index contributed by atoms with van der Waals surface area (Å²) in [6.07, 6.45) is 4.45. The summed E-state index contributed by atoms with van der Waals surface area (Å²) in [6, 6.07) is 7.50. The zero-order valence-corrected chi connectivity index (χ0v) is 22.8. The molecule has 0 saturated carbocycles. The number of halogens is 1. The minimum atomic E-state index is -0.110. The maximum absolute atomic E-state index is 12.7. The highest BCUT2D eigenvalue weighted by Crippen LogP contribution is 2.38. The first kappa shape index (κ1) is 24.5. The van der Waals surface area contributed by atoms with Gasteiger partial charge in [0.1, 0.15) is 0 Å². The minimum Gasteiger partial charge on any atom is -0.302 e. The summed E-state index contributed by atoms with van der Waals surface area (Å²) in [7, 11) is 0. The third-order valence-corrected chi connectivity index (χ3v) is 9.06. The number of amides is 1. The number of rotatable bonds is 8. The number of aromatic nitrogens is 4. The molecule has 35 heavy (non-hydrogen) atoms. The lowest BCUT2D eigenvalue weighted by atomic mass is 9.88. The fourth-order valence-corrected chi connectivity index (χ4v) is 7.12. The molecular formula is C25H26ClN5OS3. The van der Waals surface area contributed by atoms with Crippen molar-refractivity contribution in [1.29, 1.82) is 0 Å². The van der Waals surface area contributed by atoms with Gasteiger partial charge >= 0.3 is 0 Å². The zero-order chi connectivity index (χ0) is 24.4. The molecule has 1 unspecified atom stereocenters. The number of thiazole rings is 1. The van der Waals surface area contributed by atoms with Crippen molar-refractivity contribution >= 4 is 57.1 Å². The fraction of sp³-hybridized carbons (Fsp3) is 0.360. The lowest BCUT2D eigenvalue weighted by Crippen LogP contribution is -2.14. The van der Waals surface area contributed by atoms with Crippen molar-refractivity contribution < 1.29 is 4.79 Å². The Morgan fingerprint density at radius 1 is 1.23 bits per heavy atom. The molecule has 5 rings (SSSR count). The number of carbonyl (C=O) groups is 1. The van der Waals surface area contributed by atoms with Crippen LogP contribution in [0, 0.1) is 5.92 Å². The first-order chi connectivity index (χ1) is 17.0. The van der Waals surface area contributed by atoms with E-state index in [0.29, 0.717) is 10.2 Å². The third kappa shape index (κ3) is 5.48. The zero-order valence-electron chi connectivity index (χ0n) is 19.6. The van der Waals surface area contributed by atoms with Gasteiger partial charge in [-0.25, -0.2) is 4.98 Å². The second-order valence-electron chi connectivity index (χ2n) is 8.74. The van der Waals surface area contributed by atoms with E-state index in [0.717, 1.165) is 54.0 Å². The van der Waals surface area contributed by atoms with E-state index >= 15 is 0 Å². The maximum atomic E-state index is 12.7. The highest BCUT2D eigenvalue weighted by atomic mass is 35.5. The van der Waals surface area contributed by atoms with Crippen LogP contribution in [0.3, 0.4) is 0 Å². The highest BCUT2D eigenvalue weighted by Gasteiger charge is 2.24. The Labute approximate surface area is 222 Å². The lowest BCUT2D eigenvalue weighted by Gasteiger charge is -2.19. The maximum Gasteiger partial charge on any atom is 0.236 e. The number of thiophene rings is 1. The number of nitrogens with one attached hydrogen (secondary N) is 1. The Balaban J connectivity index is 1.26. The van der Waals surface area contributed by atoms with Gasteiger partial charge < -0.3 is 9.88 Å². The quantitative estimate of drug-likeness (QED) is 0.241. The van der Waals surface area contributed by atoms with Gasteiger partial charge in [-0.1, -0.05) is 49.3 Å². The van der Waals surface area contributed by atoms with Crippen molar-refractivity contribution in [2.75, 3.05) is 11.1 Å². The number of nitrogens with zero attached hydrogens (tertiary/aromatic N) is 4. The monoisotopic (exact) mass is 543 g/mol. The van der Waals surface area contributed by atoms with Crippen LogP contribution in [-0.4, -0.2) is 31.4 Å². The Hall–Kier alpha value is -2.20. The summed E-state index contributed by atoms with van der Waals surface area (Å²) in [5, 5.41) is 18.1. The number of hydrogen-bond acceptors (Lipinski definition) is 7. The van der Waals surface area contributed by atoms with Gasteiger partial charge in [0.05, 0.1) is 11.4 Å². The third-order valence-electron chi connectivity index (χ3n) is 6.03. The normalized spacial score (nSPS) is 15.2. The standard InChI is InChI=1S/C25H26ClN5OS3/c1-3-10-31-23(19-12-33-21-11-15(2)4-9-18(19)21)29-30-25(31)35-14-22(32)28-24-27-20(13-34-24)16-5-7-17(26)8-6-16/h5-8,12-13,15H,3-4,9-11,14H2,1-2H3,(H,27,28,32). The Morgan fingerprint density at radius 2 is 2.06 bits per heavy atom. The molecule has 0 bridgehead atoms. The van der Waals surface area contributed by atoms with Gasteiger partial charge in [0.2, 0.25) is 5.91 Å². The molecule has 0 spiro atoms. The minimum absolute atomic E-state index is 0.110. The molecule has 0 saturated heterocycles. The molecule has 1 aliphatic carbocycles. The SMILES string of the molecule is CCCn1c(SCC(=O)Nc2nc(-c3ccc(Cl)cc3)cs2)nnc1-c1csc2c1CCC(C)C2. The average Bonchev–Trinajstić information content (AvgIpc) is 3.57. The smallest absolute Gasteiger partial charge is 0.236 e. The van der Waals surface area contributed by atoms with Gasteiger partial charge in [0.25, 0.3) is 0 Å². The molecule has 182 valence electrons. The fourth-order valence-electron chi connectivity index (χ4n) is 4.25. The highest BCUT2D eigenvalue weighted by molar-refractivity contribution is 7.99. The summed E-state index contributed by atoms with van der Waals surface area (Å²) in [5.41, 5.74) is 4.43. The van der Waals surface area contributed by atoms with Crippen LogP contribution in [0.4, 0.5) is 5.13 Å². The number of carbonyl (C=O) groups excluding carboxylic acids is 1. The van der Waals surface area contributed by atoms with E-state index in [4.69, 9.17) is 11.6 Å². The molecule has 1 N–H and O–H groups in total. The summed E-state index contributed by atoms with van der Waals surface area (Å²) in [5.74, 6) is 1.81. The van der Waals surface area contributed by atoms with Crippen LogP contribution < -0.4 is 5.32 Å². The van der Waals surface area contributed by atoms with Crippen LogP contribution in [0.2, 0.25) is 5.02 Å². The average molecular weight is 544 g/mol. The Kier molecular flexibility index (Phi) is 7.57. The van der Waals surface area contributed by atoms with E-state index in [2.05, 4.69) is 44.3 Å².